The second-order valence-electron chi connectivity index (χ2n) is 5.25. The first kappa shape index (κ1) is 14.9. The summed E-state index contributed by atoms with van der Waals surface area (Å²) in [5.41, 5.74) is 2.46. The van der Waals surface area contributed by atoms with Crippen molar-refractivity contribution in [3.05, 3.63) is 29.3 Å². The van der Waals surface area contributed by atoms with Crippen molar-refractivity contribution in [2.24, 2.45) is 0 Å². The van der Waals surface area contributed by atoms with Crippen LogP contribution >= 0.6 is 11.8 Å². The van der Waals surface area contributed by atoms with Gasteiger partial charge in [0.05, 0.1) is 5.25 Å². The van der Waals surface area contributed by atoms with E-state index in [-0.39, 0.29) is 17.1 Å². The zero-order valence-corrected chi connectivity index (χ0v) is 12.9. The molecule has 1 aliphatic heterocycles. The predicted molar refractivity (Wildman–Crippen MR) is 80.8 cm³/mol. The summed E-state index contributed by atoms with van der Waals surface area (Å²) < 4.78 is 0. The molecule has 4 nitrogen and oxygen atoms in total. The molecule has 0 fully saturated rings. The van der Waals surface area contributed by atoms with Gasteiger partial charge in [-0.25, -0.2) is 0 Å². The number of aryl methyl sites for hydroxylation is 1. The third kappa shape index (κ3) is 3.54. The summed E-state index contributed by atoms with van der Waals surface area (Å²) in [6.45, 7) is 2.46. The van der Waals surface area contributed by atoms with Gasteiger partial charge in [-0.15, -0.1) is 11.8 Å². The minimum Gasteiger partial charge on any atom is -0.355 e. The van der Waals surface area contributed by atoms with Crippen LogP contribution in [0, 0.1) is 6.92 Å². The van der Waals surface area contributed by atoms with Crippen molar-refractivity contribution < 1.29 is 9.59 Å². The molecule has 1 aromatic carbocycles. The van der Waals surface area contributed by atoms with E-state index in [1.54, 1.807) is 25.9 Å². The van der Waals surface area contributed by atoms with Gasteiger partial charge in [-0.05, 0) is 25.0 Å². The second-order valence-corrected chi connectivity index (χ2v) is 6.50. The number of carbonyl (C=O) groups is 2. The summed E-state index contributed by atoms with van der Waals surface area (Å²) >= 11 is 1.62. The maximum absolute atomic E-state index is 12.1. The van der Waals surface area contributed by atoms with Crippen molar-refractivity contribution in [2.75, 3.05) is 20.6 Å². The minimum atomic E-state index is -0.0683. The number of amides is 2. The first-order valence-corrected chi connectivity index (χ1v) is 7.59. The molecule has 0 spiro atoms. The monoisotopic (exact) mass is 292 g/mol. The van der Waals surface area contributed by atoms with E-state index in [2.05, 4.69) is 30.4 Å². The van der Waals surface area contributed by atoms with Crippen LogP contribution in [0.2, 0.25) is 0 Å². The van der Waals surface area contributed by atoms with Crippen molar-refractivity contribution in [1.82, 2.24) is 10.2 Å². The molecule has 1 heterocycles. The van der Waals surface area contributed by atoms with Crippen LogP contribution in [0.25, 0.3) is 0 Å². The van der Waals surface area contributed by atoms with Gasteiger partial charge < -0.3 is 10.2 Å². The van der Waals surface area contributed by atoms with Crippen molar-refractivity contribution in [2.45, 2.75) is 29.9 Å². The molecule has 2 rings (SSSR count). The Hall–Kier alpha value is -1.49. The van der Waals surface area contributed by atoms with E-state index in [0.29, 0.717) is 13.0 Å². The molecule has 1 N–H and O–H groups in total. The van der Waals surface area contributed by atoms with Gasteiger partial charge in [-0.1, -0.05) is 17.7 Å². The van der Waals surface area contributed by atoms with Crippen molar-refractivity contribution >= 4 is 23.6 Å². The lowest BCUT2D eigenvalue weighted by Gasteiger charge is -2.12. The van der Waals surface area contributed by atoms with E-state index in [0.717, 1.165) is 6.42 Å². The van der Waals surface area contributed by atoms with Crippen LogP contribution in [0.15, 0.2) is 23.1 Å². The average molecular weight is 292 g/mol. The van der Waals surface area contributed by atoms with Crippen LogP contribution in [0.5, 0.6) is 0 Å². The fraction of sp³-hybridized carbons (Fsp3) is 0.467. The predicted octanol–water partition coefficient (Wildman–Crippen LogP) is 1.61. The van der Waals surface area contributed by atoms with Crippen molar-refractivity contribution in [3.8, 4) is 0 Å². The van der Waals surface area contributed by atoms with Gasteiger partial charge in [0.2, 0.25) is 11.8 Å². The lowest BCUT2D eigenvalue weighted by molar-refractivity contribution is -0.128. The molecule has 0 bridgehead atoms. The van der Waals surface area contributed by atoms with Crippen LogP contribution in [0.4, 0.5) is 0 Å². The molecule has 0 aromatic heterocycles. The maximum atomic E-state index is 12.1. The summed E-state index contributed by atoms with van der Waals surface area (Å²) in [7, 11) is 3.44. The van der Waals surface area contributed by atoms with E-state index < -0.39 is 0 Å². The van der Waals surface area contributed by atoms with E-state index in [1.807, 2.05) is 0 Å². The Kier molecular flexibility index (Phi) is 4.70. The zero-order valence-electron chi connectivity index (χ0n) is 12.1. The first-order chi connectivity index (χ1) is 9.47. The molecule has 1 aliphatic rings. The van der Waals surface area contributed by atoms with Gasteiger partial charge in [0, 0.05) is 32.0 Å². The smallest absolute Gasteiger partial charge is 0.233 e. The van der Waals surface area contributed by atoms with Crippen molar-refractivity contribution in [1.29, 1.82) is 0 Å². The third-order valence-electron chi connectivity index (χ3n) is 3.33. The Morgan fingerprint density at radius 1 is 1.40 bits per heavy atom. The number of nitrogens with one attached hydrogen (secondary N) is 1. The summed E-state index contributed by atoms with van der Waals surface area (Å²) in [4.78, 5) is 26.3. The van der Waals surface area contributed by atoms with Gasteiger partial charge in [0.1, 0.15) is 0 Å². The van der Waals surface area contributed by atoms with E-state index in [4.69, 9.17) is 0 Å². The quantitative estimate of drug-likeness (QED) is 0.917. The molecule has 1 aromatic rings. The minimum absolute atomic E-state index is 0.0235. The lowest BCUT2D eigenvalue weighted by Crippen LogP contribution is -2.35. The number of hydrogen-bond acceptors (Lipinski definition) is 3. The highest BCUT2D eigenvalue weighted by molar-refractivity contribution is 8.01. The second kappa shape index (κ2) is 6.31. The van der Waals surface area contributed by atoms with Crippen LogP contribution in [-0.2, 0) is 16.0 Å². The highest BCUT2D eigenvalue weighted by Gasteiger charge is 2.28. The zero-order chi connectivity index (χ0) is 14.7. The number of hydrogen-bond donors (Lipinski definition) is 1. The molecule has 0 saturated carbocycles. The van der Waals surface area contributed by atoms with E-state index >= 15 is 0 Å². The fourth-order valence-electron chi connectivity index (χ4n) is 2.11. The number of rotatable bonds is 4. The first-order valence-electron chi connectivity index (χ1n) is 6.71. The molecular formula is C15H20N2O2S. The molecule has 108 valence electrons. The van der Waals surface area contributed by atoms with Gasteiger partial charge in [0.15, 0.2) is 0 Å². The molecule has 2 amide bonds. The summed E-state index contributed by atoms with van der Waals surface area (Å²) in [6.07, 6.45) is 1.12. The van der Waals surface area contributed by atoms with Gasteiger partial charge in [0.25, 0.3) is 0 Å². The molecule has 5 heteroatoms. The standard InChI is InChI=1S/C15H20N2O2S/c1-10-4-5-11-9-13(20-12(11)8-10)15(19)16-7-6-14(18)17(2)3/h4-5,8,13H,6-7,9H2,1-3H3,(H,16,19)/t13-/m0/s1. The molecule has 0 radical (unpaired) electrons. The number of carbonyl (C=O) groups excluding carboxylic acids is 2. The van der Waals surface area contributed by atoms with Crippen molar-refractivity contribution in [3.63, 3.8) is 0 Å². The SMILES string of the molecule is Cc1ccc2c(c1)S[C@H](C(=O)NCCC(=O)N(C)C)C2. The Bertz CT molecular complexity index is 529. The van der Waals surface area contributed by atoms with Crippen LogP contribution < -0.4 is 5.32 Å². The van der Waals surface area contributed by atoms with Gasteiger partial charge in [-0.2, -0.15) is 0 Å². The van der Waals surface area contributed by atoms with E-state index in [9.17, 15) is 9.59 Å². The van der Waals surface area contributed by atoms with Gasteiger partial charge in [-0.3, -0.25) is 9.59 Å². The summed E-state index contributed by atoms with van der Waals surface area (Å²) in [6, 6.07) is 6.30. The molecule has 20 heavy (non-hydrogen) atoms. The number of benzene rings is 1. The van der Waals surface area contributed by atoms with Gasteiger partial charge >= 0.3 is 0 Å². The summed E-state index contributed by atoms with van der Waals surface area (Å²) in [5, 5.41) is 2.78. The Balaban J connectivity index is 1.83. The lowest BCUT2D eigenvalue weighted by atomic mass is 10.1. The Labute approximate surface area is 123 Å². The normalized spacial score (nSPS) is 16.6. The topological polar surface area (TPSA) is 49.4 Å². The molecule has 0 unspecified atom stereocenters. The Morgan fingerprint density at radius 3 is 2.85 bits per heavy atom. The number of thioether (sulfide) groups is 1. The third-order valence-corrected chi connectivity index (χ3v) is 4.63. The molecular weight excluding hydrogens is 272 g/mol. The number of fused-ring (bicyclic) bond motifs is 1. The summed E-state index contributed by atoms with van der Waals surface area (Å²) in [5.74, 6) is 0.0543. The average Bonchev–Trinajstić information content (AvgIpc) is 2.81. The van der Waals surface area contributed by atoms with Crippen LogP contribution in [-0.4, -0.2) is 42.6 Å². The van der Waals surface area contributed by atoms with Crippen LogP contribution in [0.1, 0.15) is 17.5 Å². The molecule has 0 aliphatic carbocycles. The highest BCUT2D eigenvalue weighted by Crippen LogP contribution is 2.37. The number of nitrogens with zero attached hydrogens (tertiary/aromatic N) is 1. The van der Waals surface area contributed by atoms with Crippen LogP contribution in [0.3, 0.4) is 0 Å². The Morgan fingerprint density at radius 2 is 2.15 bits per heavy atom. The molecule has 0 saturated heterocycles. The maximum Gasteiger partial charge on any atom is 0.233 e. The molecule has 1 atom stereocenters. The largest absolute Gasteiger partial charge is 0.355 e. The van der Waals surface area contributed by atoms with E-state index in [1.165, 1.54) is 20.9 Å². The fourth-order valence-corrected chi connectivity index (χ4v) is 3.43. The highest BCUT2D eigenvalue weighted by atomic mass is 32.2.